The summed E-state index contributed by atoms with van der Waals surface area (Å²) in [4.78, 5) is 0. The highest BCUT2D eigenvalue weighted by Crippen LogP contribution is 2.51. The van der Waals surface area contributed by atoms with Crippen molar-refractivity contribution in [1.82, 2.24) is 9.76 Å². The molecule has 2 unspecified atom stereocenters. The van der Waals surface area contributed by atoms with Gasteiger partial charge in [-0.2, -0.15) is 4.67 Å². The molecule has 118 valence electrons. The lowest BCUT2D eigenvalue weighted by atomic mass is 10.3. The Hall–Kier alpha value is 0.390. The fourth-order valence-corrected chi connectivity index (χ4v) is 4.55. The van der Waals surface area contributed by atoms with Crippen molar-refractivity contribution in [3.63, 3.8) is 0 Å². The molecule has 1 N–H and O–H groups in total. The zero-order valence-electron chi connectivity index (χ0n) is 11.6. The highest BCUT2D eigenvalue weighted by molar-refractivity contribution is 7.54. The van der Waals surface area contributed by atoms with E-state index in [2.05, 4.69) is 11.7 Å². The first kappa shape index (κ1) is 18.4. The number of hydrogen-bond donors (Lipinski definition) is 1. The van der Waals surface area contributed by atoms with Crippen LogP contribution >= 0.6 is 30.9 Å². The molecule has 0 spiro atoms. The Morgan fingerprint density at radius 3 is 2.95 bits per heavy atom. The molecule has 2 atom stereocenters. The molecule has 8 heteroatoms. The van der Waals surface area contributed by atoms with Crippen LogP contribution in [0.5, 0.6) is 0 Å². The molecule has 0 aliphatic carbocycles. The van der Waals surface area contributed by atoms with E-state index in [4.69, 9.17) is 32.5 Å². The molecule has 0 aromatic heterocycles. The van der Waals surface area contributed by atoms with E-state index >= 15 is 0 Å². The second-order valence-electron chi connectivity index (χ2n) is 4.35. The van der Waals surface area contributed by atoms with Gasteiger partial charge in [-0.15, -0.1) is 29.8 Å². The summed E-state index contributed by atoms with van der Waals surface area (Å²) < 4.78 is 25.8. The molecule has 0 radical (unpaired) electrons. The van der Waals surface area contributed by atoms with Crippen LogP contribution in [0.2, 0.25) is 0 Å². The number of hydrogen-bond acceptors (Lipinski definition) is 3. The minimum atomic E-state index is -3.10. The third-order valence-electron chi connectivity index (χ3n) is 2.88. The van der Waals surface area contributed by atoms with E-state index in [0.717, 1.165) is 12.8 Å². The van der Waals surface area contributed by atoms with E-state index in [1.165, 1.54) is 0 Å². The Bertz CT molecular complexity index is 334. The monoisotopic (exact) mass is 344 g/mol. The minimum absolute atomic E-state index is 0.235. The van der Waals surface area contributed by atoms with E-state index in [-0.39, 0.29) is 6.23 Å². The normalized spacial score (nSPS) is 27.6. The van der Waals surface area contributed by atoms with Gasteiger partial charge < -0.3 is 9.26 Å². The molecule has 5 nitrogen and oxygen atoms in total. The zero-order valence-corrected chi connectivity index (χ0v) is 14.0. The Kier molecular flexibility index (Phi) is 9.38. The lowest BCUT2D eigenvalue weighted by Gasteiger charge is -2.40. The van der Waals surface area contributed by atoms with Crippen LogP contribution in [-0.2, 0) is 13.8 Å². The van der Waals surface area contributed by atoms with E-state index < -0.39 is 7.67 Å². The summed E-state index contributed by atoms with van der Waals surface area (Å²) >= 11 is 11.4. The molecule has 1 rings (SSSR count). The molecule has 0 amide bonds. The second kappa shape index (κ2) is 10.2. The second-order valence-corrected chi connectivity index (χ2v) is 7.23. The van der Waals surface area contributed by atoms with Crippen LogP contribution in [0.4, 0.5) is 0 Å². The van der Waals surface area contributed by atoms with Gasteiger partial charge in [0, 0.05) is 37.9 Å². The largest absolute Gasteiger partial charge is 0.363 e. The summed E-state index contributed by atoms with van der Waals surface area (Å²) in [5, 5.41) is 2.89. The van der Waals surface area contributed by atoms with Crippen LogP contribution in [0.25, 0.3) is 0 Å². The number of allylic oxidation sites excluding steroid dienone is 1. The van der Waals surface area contributed by atoms with Crippen LogP contribution in [0.3, 0.4) is 0 Å². The Morgan fingerprint density at radius 2 is 2.30 bits per heavy atom. The first-order valence-electron chi connectivity index (χ1n) is 6.79. The van der Waals surface area contributed by atoms with Crippen LogP contribution in [0.1, 0.15) is 19.3 Å². The minimum Gasteiger partial charge on any atom is -0.363 e. The highest BCUT2D eigenvalue weighted by atomic mass is 35.5. The molecular weight excluding hydrogens is 322 g/mol. The Morgan fingerprint density at radius 1 is 1.50 bits per heavy atom. The average Bonchev–Trinajstić information content (AvgIpc) is 2.45. The SMILES string of the molecule is C=CCCCOC1CCOP(=O)(NCCCl)N1CCCl. The van der Waals surface area contributed by atoms with Crippen molar-refractivity contribution >= 4 is 30.9 Å². The molecule has 0 saturated carbocycles. The first-order valence-corrected chi connectivity index (χ1v) is 9.44. The van der Waals surface area contributed by atoms with Crippen molar-refractivity contribution in [1.29, 1.82) is 0 Å². The quantitative estimate of drug-likeness (QED) is 0.285. The number of unbranched alkanes of at least 4 members (excludes halogenated alkanes) is 1. The maximum absolute atomic E-state index is 12.8. The molecule has 20 heavy (non-hydrogen) atoms. The maximum Gasteiger partial charge on any atom is 0.345 e. The van der Waals surface area contributed by atoms with Crippen LogP contribution < -0.4 is 5.09 Å². The third-order valence-corrected chi connectivity index (χ3v) is 5.53. The average molecular weight is 345 g/mol. The maximum atomic E-state index is 12.8. The molecule has 0 aromatic rings. The van der Waals surface area contributed by atoms with Crippen LogP contribution in [0.15, 0.2) is 12.7 Å². The van der Waals surface area contributed by atoms with E-state index in [1.54, 1.807) is 4.67 Å². The number of ether oxygens (including phenoxy) is 1. The van der Waals surface area contributed by atoms with E-state index in [1.807, 2.05) is 6.08 Å². The van der Waals surface area contributed by atoms with Crippen molar-refractivity contribution in [2.24, 2.45) is 0 Å². The van der Waals surface area contributed by atoms with Gasteiger partial charge in [0.05, 0.1) is 6.61 Å². The van der Waals surface area contributed by atoms with Crippen molar-refractivity contribution in [3.8, 4) is 0 Å². The number of rotatable bonds is 10. The summed E-state index contributed by atoms with van der Waals surface area (Å²) in [5.74, 6) is 0.731. The summed E-state index contributed by atoms with van der Waals surface area (Å²) in [6, 6.07) is 0. The van der Waals surface area contributed by atoms with Gasteiger partial charge in [-0.1, -0.05) is 6.08 Å². The summed E-state index contributed by atoms with van der Waals surface area (Å²) in [7, 11) is -3.10. The van der Waals surface area contributed by atoms with Crippen molar-refractivity contribution in [3.05, 3.63) is 12.7 Å². The number of nitrogens with one attached hydrogen (secondary N) is 1. The van der Waals surface area contributed by atoms with Gasteiger partial charge in [0.2, 0.25) is 0 Å². The zero-order chi connectivity index (χ0) is 14.8. The number of nitrogens with zero attached hydrogens (tertiary/aromatic N) is 1. The van der Waals surface area contributed by atoms with Gasteiger partial charge in [-0.25, -0.2) is 5.09 Å². The molecule has 1 heterocycles. The molecular formula is C12H23Cl2N2O3P. The van der Waals surface area contributed by atoms with Crippen LogP contribution in [0, 0.1) is 0 Å². The van der Waals surface area contributed by atoms with Gasteiger partial charge in [0.1, 0.15) is 6.23 Å². The lowest BCUT2D eigenvalue weighted by molar-refractivity contribution is -0.0539. The summed E-state index contributed by atoms with van der Waals surface area (Å²) in [6.07, 6.45) is 4.10. The predicted molar refractivity (Wildman–Crippen MR) is 83.5 cm³/mol. The predicted octanol–water partition coefficient (Wildman–Crippen LogP) is 3.19. The first-order chi connectivity index (χ1) is 9.68. The van der Waals surface area contributed by atoms with Gasteiger partial charge in [0.25, 0.3) is 0 Å². The molecule has 1 fully saturated rings. The van der Waals surface area contributed by atoms with Gasteiger partial charge in [0.15, 0.2) is 0 Å². The summed E-state index contributed by atoms with van der Waals surface area (Å²) in [5.41, 5.74) is 0. The van der Waals surface area contributed by atoms with Gasteiger partial charge in [-0.3, -0.25) is 4.57 Å². The van der Waals surface area contributed by atoms with E-state index in [0.29, 0.717) is 44.5 Å². The molecule has 1 aliphatic heterocycles. The Labute approximate surface area is 131 Å². The third kappa shape index (κ3) is 5.64. The fourth-order valence-electron chi connectivity index (χ4n) is 1.97. The standard InChI is InChI=1S/C12H23Cl2N2O3P/c1-2-3-4-10-18-12-5-11-19-20(17,15-8-6-13)16(12)9-7-14/h2,12H,1,3-11H2,(H,15,17). The topological polar surface area (TPSA) is 50.8 Å². The van der Waals surface area contributed by atoms with E-state index in [9.17, 15) is 4.57 Å². The lowest BCUT2D eigenvalue weighted by Crippen LogP contribution is -2.45. The number of alkyl halides is 2. The summed E-state index contributed by atoms with van der Waals surface area (Å²) in [6.45, 7) is 5.54. The van der Waals surface area contributed by atoms with Crippen LogP contribution in [-0.4, -0.2) is 49.0 Å². The number of halogens is 2. The highest BCUT2D eigenvalue weighted by Gasteiger charge is 2.40. The molecule has 1 aliphatic rings. The van der Waals surface area contributed by atoms with Crippen molar-refractivity contribution in [2.45, 2.75) is 25.5 Å². The Balaban J connectivity index is 2.61. The molecule has 0 bridgehead atoms. The van der Waals surface area contributed by atoms with Crippen molar-refractivity contribution in [2.75, 3.05) is 38.1 Å². The van der Waals surface area contributed by atoms with Crippen molar-refractivity contribution < 1.29 is 13.8 Å². The molecule has 1 saturated heterocycles. The fraction of sp³-hybridized carbons (Fsp3) is 0.833. The van der Waals surface area contributed by atoms with Gasteiger partial charge in [-0.05, 0) is 12.8 Å². The van der Waals surface area contributed by atoms with Gasteiger partial charge >= 0.3 is 7.67 Å². The smallest absolute Gasteiger partial charge is 0.345 e. The molecule has 0 aromatic carbocycles.